The molecule has 0 N–H and O–H groups in total. The van der Waals surface area contributed by atoms with Crippen LogP contribution in [0.2, 0.25) is 0 Å². The van der Waals surface area contributed by atoms with Gasteiger partial charge in [0.25, 0.3) is 11.8 Å². The molecule has 0 atom stereocenters. The van der Waals surface area contributed by atoms with E-state index in [-0.39, 0.29) is 11.6 Å². The second-order valence-electron chi connectivity index (χ2n) is 6.82. The van der Waals surface area contributed by atoms with Crippen molar-refractivity contribution < 1.29 is 14.3 Å². The van der Waals surface area contributed by atoms with Crippen molar-refractivity contribution in [1.82, 2.24) is 19.1 Å². The zero-order chi connectivity index (χ0) is 20.9. The molecule has 0 radical (unpaired) electrons. The van der Waals surface area contributed by atoms with Crippen LogP contribution in [0.5, 0.6) is 5.75 Å². The van der Waals surface area contributed by atoms with Gasteiger partial charge in [-0.05, 0) is 67.2 Å². The van der Waals surface area contributed by atoms with Gasteiger partial charge in [-0.3, -0.25) is 14.6 Å². The molecule has 3 aromatic rings. The average Bonchev–Trinajstić information content (AvgIpc) is 3.23. The fourth-order valence-electron chi connectivity index (χ4n) is 3.20. The number of nitrogens with zero attached hydrogens (tertiary/aromatic N) is 5. The van der Waals surface area contributed by atoms with Gasteiger partial charge in [-0.2, -0.15) is 9.06 Å². The number of aromatic nitrogens is 3. The fraction of sp³-hybridized carbons (Fsp3) is 0.286. The van der Waals surface area contributed by atoms with Crippen LogP contribution in [0.15, 0.2) is 53.8 Å². The highest BCUT2D eigenvalue weighted by molar-refractivity contribution is 7.04. The van der Waals surface area contributed by atoms with Crippen molar-refractivity contribution in [2.45, 2.75) is 19.3 Å². The summed E-state index contributed by atoms with van der Waals surface area (Å²) in [7, 11) is 1.60. The monoisotopic (exact) mass is 423 g/mol. The lowest BCUT2D eigenvalue weighted by Gasteiger charge is -2.25. The number of ether oxygens (including phenoxy) is 1. The smallest absolute Gasteiger partial charge is 0.278 e. The number of methoxy groups -OCH3 is 1. The van der Waals surface area contributed by atoms with Crippen molar-refractivity contribution >= 4 is 23.3 Å². The molecule has 2 aromatic heterocycles. The van der Waals surface area contributed by atoms with Crippen LogP contribution in [0.1, 0.15) is 40.1 Å². The first-order valence-corrected chi connectivity index (χ1v) is 10.5. The maximum absolute atomic E-state index is 13.1. The minimum absolute atomic E-state index is 0.195. The van der Waals surface area contributed by atoms with Gasteiger partial charge >= 0.3 is 0 Å². The van der Waals surface area contributed by atoms with E-state index in [4.69, 9.17) is 4.74 Å². The van der Waals surface area contributed by atoms with E-state index in [2.05, 4.69) is 15.1 Å². The van der Waals surface area contributed by atoms with Crippen molar-refractivity contribution in [3.63, 3.8) is 0 Å². The summed E-state index contributed by atoms with van der Waals surface area (Å²) in [6.45, 7) is 1.38. The Morgan fingerprint density at radius 1 is 1.03 bits per heavy atom. The summed E-state index contributed by atoms with van der Waals surface area (Å²) in [6.07, 6.45) is 6.12. The summed E-state index contributed by atoms with van der Waals surface area (Å²) >= 11 is 1.16. The summed E-state index contributed by atoms with van der Waals surface area (Å²) in [5, 5.41) is 4.50. The number of benzene rings is 1. The van der Waals surface area contributed by atoms with E-state index in [1.807, 2.05) is 24.3 Å². The van der Waals surface area contributed by atoms with Gasteiger partial charge in [0.05, 0.1) is 12.8 Å². The van der Waals surface area contributed by atoms with E-state index in [0.29, 0.717) is 23.3 Å². The SMILES string of the molecule is COc1ccc(-n2nc(C(=O)N3CCCCC3)c(=NC(=O)c3ccncc3)s2)cc1. The number of piperidine rings is 1. The number of carbonyl (C=O) groups excluding carboxylic acids is 2. The fourth-order valence-corrected chi connectivity index (χ4v) is 4.06. The highest BCUT2D eigenvalue weighted by Gasteiger charge is 2.24. The molecule has 4 rings (SSSR count). The van der Waals surface area contributed by atoms with Crippen molar-refractivity contribution in [3.8, 4) is 11.4 Å². The zero-order valence-corrected chi connectivity index (χ0v) is 17.3. The molecule has 1 aliphatic heterocycles. The van der Waals surface area contributed by atoms with Gasteiger partial charge < -0.3 is 9.64 Å². The molecule has 8 nitrogen and oxygen atoms in total. The minimum atomic E-state index is -0.435. The van der Waals surface area contributed by atoms with Crippen molar-refractivity contribution in [2.24, 2.45) is 4.99 Å². The van der Waals surface area contributed by atoms with E-state index in [0.717, 1.165) is 42.2 Å². The van der Waals surface area contributed by atoms with Gasteiger partial charge in [0.15, 0.2) is 10.4 Å². The van der Waals surface area contributed by atoms with Crippen molar-refractivity contribution in [2.75, 3.05) is 20.2 Å². The maximum Gasteiger partial charge on any atom is 0.278 e. The van der Waals surface area contributed by atoms with Crippen LogP contribution in [0.25, 0.3) is 5.69 Å². The third-order valence-electron chi connectivity index (χ3n) is 4.84. The van der Waals surface area contributed by atoms with Gasteiger partial charge in [0.2, 0.25) is 0 Å². The van der Waals surface area contributed by atoms with Crippen LogP contribution < -0.4 is 9.41 Å². The lowest BCUT2D eigenvalue weighted by molar-refractivity contribution is 0.0716. The quantitative estimate of drug-likeness (QED) is 0.644. The molecule has 1 aromatic carbocycles. The van der Waals surface area contributed by atoms with E-state index in [1.165, 1.54) is 12.4 Å². The van der Waals surface area contributed by atoms with Crippen LogP contribution >= 0.6 is 11.5 Å². The maximum atomic E-state index is 13.1. The molecule has 1 saturated heterocycles. The second-order valence-corrected chi connectivity index (χ2v) is 7.74. The molecule has 3 heterocycles. The Kier molecular flexibility index (Phi) is 5.99. The van der Waals surface area contributed by atoms with Crippen LogP contribution in [-0.4, -0.2) is 51.1 Å². The highest BCUT2D eigenvalue weighted by Crippen LogP contribution is 2.17. The first kappa shape index (κ1) is 20.0. The van der Waals surface area contributed by atoms with Gasteiger partial charge in [-0.1, -0.05) is 0 Å². The lowest BCUT2D eigenvalue weighted by atomic mass is 10.1. The molecular formula is C21H21N5O3S. The molecule has 0 bridgehead atoms. The molecule has 2 amide bonds. The number of likely N-dealkylation sites (tertiary alicyclic amines) is 1. The number of hydrogen-bond donors (Lipinski definition) is 0. The van der Waals surface area contributed by atoms with E-state index in [9.17, 15) is 9.59 Å². The number of hydrogen-bond acceptors (Lipinski definition) is 6. The molecule has 0 saturated carbocycles. The topological polar surface area (TPSA) is 89.7 Å². The van der Waals surface area contributed by atoms with Gasteiger partial charge in [0.1, 0.15) is 5.75 Å². The third kappa shape index (κ3) is 4.30. The summed E-state index contributed by atoms with van der Waals surface area (Å²) < 4.78 is 7.10. The normalized spacial score (nSPS) is 14.6. The summed E-state index contributed by atoms with van der Waals surface area (Å²) in [5.41, 5.74) is 1.36. The van der Waals surface area contributed by atoms with Crippen LogP contribution in [0.3, 0.4) is 0 Å². The standard InChI is InChI=1S/C21H21N5O3S/c1-29-17-7-5-16(6-8-17)26-24-18(21(28)25-13-3-2-4-14-25)20(30-26)23-19(27)15-9-11-22-12-10-15/h5-12H,2-4,13-14H2,1H3. The Morgan fingerprint density at radius 3 is 2.40 bits per heavy atom. The predicted octanol–water partition coefficient (Wildman–Crippen LogP) is 2.70. The Morgan fingerprint density at radius 2 is 1.73 bits per heavy atom. The Balaban J connectivity index is 1.75. The number of pyridine rings is 1. The molecule has 1 aliphatic rings. The molecular weight excluding hydrogens is 402 g/mol. The van der Waals surface area contributed by atoms with Crippen molar-refractivity contribution in [1.29, 1.82) is 0 Å². The van der Waals surface area contributed by atoms with Crippen LogP contribution in [-0.2, 0) is 0 Å². The predicted molar refractivity (Wildman–Crippen MR) is 112 cm³/mol. The van der Waals surface area contributed by atoms with E-state index in [1.54, 1.807) is 28.2 Å². The molecule has 0 aliphatic carbocycles. The highest BCUT2D eigenvalue weighted by atomic mass is 32.1. The zero-order valence-electron chi connectivity index (χ0n) is 16.5. The first-order valence-electron chi connectivity index (χ1n) is 9.69. The van der Waals surface area contributed by atoms with Gasteiger partial charge in [-0.15, -0.1) is 5.10 Å². The molecule has 9 heteroatoms. The van der Waals surface area contributed by atoms with Gasteiger partial charge in [-0.25, -0.2) is 0 Å². The molecule has 1 fully saturated rings. The Bertz CT molecular complexity index is 1100. The first-order chi connectivity index (χ1) is 14.7. The van der Waals surface area contributed by atoms with Crippen molar-refractivity contribution in [3.05, 3.63) is 64.7 Å². The Hall–Kier alpha value is -3.33. The number of amides is 2. The summed E-state index contributed by atoms with van der Waals surface area (Å²) in [6, 6.07) is 10.5. The van der Waals surface area contributed by atoms with Gasteiger partial charge in [0, 0.05) is 31.0 Å². The molecule has 0 unspecified atom stereocenters. The van der Waals surface area contributed by atoms with E-state index >= 15 is 0 Å². The average molecular weight is 423 g/mol. The van der Waals surface area contributed by atoms with Crippen LogP contribution in [0.4, 0.5) is 0 Å². The number of carbonyl (C=O) groups is 2. The second kappa shape index (κ2) is 9.00. The minimum Gasteiger partial charge on any atom is -0.497 e. The largest absolute Gasteiger partial charge is 0.497 e. The van der Waals surface area contributed by atoms with Crippen LogP contribution in [0, 0.1) is 0 Å². The lowest BCUT2D eigenvalue weighted by Crippen LogP contribution is -2.38. The molecule has 154 valence electrons. The number of rotatable bonds is 4. The summed E-state index contributed by atoms with van der Waals surface area (Å²) in [5.74, 6) is 0.0911. The van der Waals surface area contributed by atoms with E-state index < -0.39 is 5.91 Å². The Labute approximate surface area is 177 Å². The molecule has 30 heavy (non-hydrogen) atoms. The summed E-state index contributed by atoms with van der Waals surface area (Å²) in [4.78, 5) is 35.7. The third-order valence-corrected chi connectivity index (χ3v) is 5.76. The molecule has 0 spiro atoms.